The molecule has 2 N–H and O–H groups in total. The van der Waals surface area contributed by atoms with Gasteiger partial charge in [0.05, 0.1) is 6.61 Å². The second-order valence-electron chi connectivity index (χ2n) is 5.53. The molecular formula is C15H26N4O2. The van der Waals surface area contributed by atoms with Crippen molar-refractivity contribution in [2.45, 2.75) is 25.8 Å². The fourth-order valence-electron chi connectivity index (χ4n) is 2.67. The molecule has 0 radical (unpaired) electrons. The standard InChI is InChI=1S/C15H26N4O2/c1-21-8-5-16-9-14-10-17-15(18-11-14)19-6-2-3-13(12-19)4-7-20/h10-11,13,16,20H,2-9,12H2,1H3. The lowest BCUT2D eigenvalue weighted by Gasteiger charge is -2.32. The first kappa shape index (κ1) is 16.1. The van der Waals surface area contributed by atoms with Gasteiger partial charge in [-0.3, -0.25) is 0 Å². The number of nitrogens with one attached hydrogen (secondary N) is 1. The third-order valence-electron chi connectivity index (χ3n) is 3.84. The zero-order chi connectivity index (χ0) is 14.9. The number of ether oxygens (including phenoxy) is 1. The summed E-state index contributed by atoms with van der Waals surface area (Å²) in [4.78, 5) is 11.2. The Morgan fingerprint density at radius 2 is 2.24 bits per heavy atom. The maximum Gasteiger partial charge on any atom is 0.225 e. The summed E-state index contributed by atoms with van der Waals surface area (Å²) < 4.78 is 4.99. The lowest BCUT2D eigenvalue weighted by molar-refractivity contribution is 0.199. The topological polar surface area (TPSA) is 70.5 Å². The van der Waals surface area contributed by atoms with Gasteiger partial charge in [-0.25, -0.2) is 9.97 Å². The van der Waals surface area contributed by atoms with E-state index in [1.165, 1.54) is 6.42 Å². The minimum atomic E-state index is 0.269. The first-order valence-electron chi connectivity index (χ1n) is 7.70. The van der Waals surface area contributed by atoms with Gasteiger partial charge in [0.25, 0.3) is 0 Å². The summed E-state index contributed by atoms with van der Waals surface area (Å²) in [5.41, 5.74) is 1.08. The van der Waals surface area contributed by atoms with Crippen LogP contribution in [0.1, 0.15) is 24.8 Å². The molecule has 118 valence electrons. The van der Waals surface area contributed by atoms with Crippen LogP contribution in [0, 0.1) is 5.92 Å². The van der Waals surface area contributed by atoms with Crippen molar-refractivity contribution < 1.29 is 9.84 Å². The number of hydrogen-bond donors (Lipinski definition) is 2. The Labute approximate surface area is 126 Å². The molecule has 0 aromatic carbocycles. The number of hydrogen-bond acceptors (Lipinski definition) is 6. The predicted molar refractivity (Wildman–Crippen MR) is 82.3 cm³/mol. The van der Waals surface area contributed by atoms with Crippen LogP contribution >= 0.6 is 0 Å². The molecule has 1 unspecified atom stereocenters. The molecule has 0 spiro atoms. The van der Waals surface area contributed by atoms with E-state index in [9.17, 15) is 0 Å². The molecule has 21 heavy (non-hydrogen) atoms. The first-order valence-corrected chi connectivity index (χ1v) is 7.70. The Morgan fingerprint density at radius 1 is 1.43 bits per heavy atom. The molecule has 6 nitrogen and oxygen atoms in total. The van der Waals surface area contributed by atoms with E-state index in [2.05, 4.69) is 20.2 Å². The maximum atomic E-state index is 9.07. The van der Waals surface area contributed by atoms with Crippen LogP contribution in [0.15, 0.2) is 12.4 Å². The predicted octanol–water partition coefficient (Wildman–Crippen LogP) is 0.811. The Kier molecular flexibility index (Phi) is 6.85. The highest BCUT2D eigenvalue weighted by Crippen LogP contribution is 2.22. The van der Waals surface area contributed by atoms with Gasteiger partial charge >= 0.3 is 0 Å². The summed E-state index contributed by atoms with van der Waals surface area (Å²) in [5, 5.41) is 12.3. The normalized spacial score (nSPS) is 19.0. The Morgan fingerprint density at radius 3 is 2.95 bits per heavy atom. The van der Waals surface area contributed by atoms with Gasteiger partial charge in [0.1, 0.15) is 0 Å². The summed E-state index contributed by atoms with van der Waals surface area (Å²) in [6.45, 7) is 4.52. The number of rotatable bonds is 8. The van der Waals surface area contributed by atoms with E-state index in [0.29, 0.717) is 12.5 Å². The maximum absolute atomic E-state index is 9.07. The number of piperidine rings is 1. The van der Waals surface area contributed by atoms with Gasteiger partial charge in [-0.15, -0.1) is 0 Å². The molecule has 2 heterocycles. The highest BCUT2D eigenvalue weighted by atomic mass is 16.5. The second-order valence-corrected chi connectivity index (χ2v) is 5.53. The van der Waals surface area contributed by atoms with Gasteiger partial charge in [-0.1, -0.05) is 0 Å². The van der Waals surface area contributed by atoms with Crippen molar-refractivity contribution in [1.29, 1.82) is 0 Å². The number of anilines is 1. The molecule has 1 aromatic rings. The zero-order valence-electron chi connectivity index (χ0n) is 12.8. The Hall–Kier alpha value is -1.24. The van der Waals surface area contributed by atoms with Gasteiger partial charge in [-0.2, -0.15) is 0 Å². The van der Waals surface area contributed by atoms with E-state index >= 15 is 0 Å². The average Bonchev–Trinajstić information content (AvgIpc) is 2.53. The van der Waals surface area contributed by atoms with Crippen LogP contribution in [-0.4, -0.2) is 55.0 Å². The summed E-state index contributed by atoms with van der Waals surface area (Å²) in [7, 11) is 1.70. The molecule has 0 aliphatic carbocycles. The zero-order valence-corrected chi connectivity index (χ0v) is 12.8. The third-order valence-corrected chi connectivity index (χ3v) is 3.84. The largest absolute Gasteiger partial charge is 0.396 e. The first-order chi connectivity index (χ1) is 10.3. The van der Waals surface area contributed by atoms with E-state index < -0.39 is 0 Å². The van der Waals surface area contributed by atoms with Crippen molar-refractivity contribution in [3.63, 3.8) is 0 Å². The van der Waals surface area contributed by atoms with E-state index in [1.807, 2.05) is 12.4 Å². The van der Waals surface area contributed by atoms with Crippen LogP contribution in [0.5, 0.6) is 0 Å². The SMILES string of the molecule is COCCNCc1cnc(N2CCCC(CCO)C2)nc1. The minimum Gasteiger partial charge on any atom is -0.396 e. The molecule has 2 rings (SSSR count). The van der Waals surface area contributed by atoms with Gasteiger partial charge in [0.15, 0.2) is 0 Å². The van der Waals surface area contributed by atoms with E-state index in [1.54, 1.807) is 7.11 Å². The summed E-state index contributed by atoms with van der Waals surface area (Å²) >= 11 is 0. The third kappa shape index (κ3) is 5.22. The highest BCUT2D eigenvalue weighted by Gasteiger charge is 2.21. The van der Waals surface area contributed by atoms with Crippen LogP contribution < -0.4 is 10.2 Å². The van der Waals surface area contributed by atoms with Gasteiger partial charge < -0.3 is 20.1 Å². The summed E-state index contributed by atoms with van der Waals surface area (Å²) in [5.74, 6) is 1.36. The smallest absolute Gasteiger partial charge is 0.225 e. The van der Waals surface area contributed by atoms with Crippen molar-refractivity contribution in [1.82, 2.24) is 15.3 Å². The lowest BCUT2D eigenvalue weighted by atomic mass is 9.95. The van der Waals surface area contributed by atoms with Crippen LogP contribution in [0.4, 0.5) is 5.95 Å². The molecule has 1 saturated heterocycles. The Bertz CT molecular complexity index is 397. The number of methoxy groups -OCH3 is 1. The monoisotopic (exact) mass is 294 g/mol. The summed E-state index contributed by atoms with van der Waals surface area (Å²) in [6, 6.07) is 0. The lowest BCUT2D eigenvalue weighted by Crippen LogP contribution is -2.36. The molecule has 1 aromatic heterocycles. The molecule has 0 amide bonds. The Balaban J connectivity index is 1.83. The van der Waals surface area contributed by atoms with Crippen molar-refractivity contribution in [2.24, 2.45) is 5.92 Å². The van der Waals surface area contributed by atoms with E-state index in [4.69, 9.17) is 9.84 Å². The van der Waals surface area contributed by atoms with Crippen molar-refractivity contribution in [2.75, 3.05) is 44.9 Å². The highest BCUT2D eigenvalue weighted by molar-refractivity contribution is 5.30. The minimum absolute atomic E-state index is 0.269. The van der Waals surface area contributed by atoms with E-state index in [-0.39, 0.29) is 6.61 Å². The van der Waals surface area contributed by atoms with Crippen molar-refractivity contribution in [3.05, 3.63) is 18.0 Å². The number of aliphatic hydroxyl groups is 1. The fraction of sp³-hybridized carbons (Fsp3) is 0.733. The van der Waals surface area contributed by atoms with Gasteiger partial charge in [0.2, 0.25) is 5.95 Å². The molecule has 1 fully saturated rings. The quantitative estimate of drug-likeness (QED) is 0.692. The van der Waals surface area contributed by atoms with Crippen LogP contribution in [0.3, 0.4) is 0 Å². The van der Waals surface area contributed by atoms with Crippen molar-refractivity contribution in [3.8, 4) is 0 Å². The molecule has 1 aliphatic rings. The van der Waals surface area contributed by atoms with Crippen molar-refractivity contribution >= 4 is 5.95 Å². The van der Waals surface area contributed by atoms with Crippen LogP contribution in [0.2, 0.25) is 0 Å². The van der Waals surface area contributed by atoms with Gasteiger partial charge in [0, 0.05) is 57.9 Å². The molecular weight excluding hydrogens is 268 g/mol. The fourth-order valence-corrected chi connectivity index (χ4v) is 2.67. The van der Waals surface area contributed by atoms with Crippen LogP contribution in [-0.2, 0) is 11.3 Å². The molecule has 0 bridgehead atoms. The average molecular weight is 294 g/mol. The molecule has 1 atom stereocenters. The number of nitrogens with zero attached hydrogens (tertiary/aromatic N) is 3. The molecule has 0 saturated carbocycles. The van der Waals surface area contributed by atoms with Gasteiger partial charge in [-0.05, 0) is 25.2 Å². The number of aromatic nitrogens is 2. The summed E-state index contributed by atoms with van der Waals surface area (Å²) in [6.07, 6.45) is 6.99. The molecule has 1 aliphatic heterocycles. The molecule has 6 heteroatoms. The second kappa shape index (κ2) is 8.92. The van der Waals surface area contributed by atoms with E-state index in [0.717, 1.165) is 50.5 Å². The number of aliphatic hydroxyl groups excluding tert-OH is 1. The van der Waals surface area contributed by atoms with Crippen LogP contribution in [0.25, 0.3) is 0 Å².